The van der Waals surface area contributed by atoms with E-state index >= 15 is 0 Å². The molecule has 2 amide bonds. The Bertz CT molecular complexity index is 1260. The van der Waals surface area contributed by atoms with Crippen LogP contribution in [-0.2, 0) is 6.54 Å². The van der Waals surface area contributed by atoms with E-state index in [4.69, 9.17) is 11.6 Å². The van der Waals surface area contributed by atoms with Crippen molar-refractivity contribution in [3.05, 3.63) is 88.4 Å². The molecule has 1 fully saturated rings. The molecule has 5 nitrogen and oxygen atoms in total. The van der Waals surface area contributed by atoms with Crippen LogP contribution in [0, 0.1) is 0 Å². The molecule has 3 aromatic rings. The molecule has 1 saturated heterocycles. The van der Waals surface area contributed by atoms with Crippen molar-refractivity contribution in [3.8, 4) is 0 Å². The Morgan fingerprint density at radius 1 is 1.09 bits per heavy atom. The van der Waals surface area contributed by atoms with Crippen LogP contribution in [0.2, 0.25) is 5.02 Å². The van der Waals surface area contributed by atoms with Crippen LogP contribution in [0.4, 0.5) is 5.69 Å². The molecule has 5 rings (SSSR count). The highest BCUT2D eigenvalue weighted by atomic mass is 35.5. The van der Waals surface area contributed by atoms with Crippen molar-refractivity contribution >= 4 is 40.9 Å². The maximum atomic E-state index is 13.7. The van der Waals surface area contributed by atoms with Crippen LogP contribution in [-0.4, -0.2) is 42.4 Å². The third-order valence-corrected chi connectivity index (χ3v) is 8.29. The van der Waals surface area contributed by atoms with Crippen LogP contribution in [0.25, 0.3) is 0 Å². The number of carbonyl (C=O) groups excluding carboxylic acids is 2. The first-order chi connectivity index (χ1) is 17.0. The molecule has 0 radical (unpaired) electrons. The number of amides is 2. The van der Waals surface area contributed by atoms with Gasteiger partial charge in [-0.3, -0.25) is 14.5 Å². The number of likely N-dealkylation sites (tertiary alicyclic amines) is 1. The van der Waals surface area contributed by atoms with E-state index in [1.165, 1.54) is 6.42 Å². The number of nitrogens with zero attached hydrogens (tertiary/aromatic N) is 2. The lowest BCUT2D eigenvalue weighted by Gasteiger charge is -2.25. The van der Waals surface area contributed by atoms with Crippen molar-refractivity contribution in [1.82, 2.24) is 10.2 Å². The zero-order chi connectivity index (χ0) is 24.4. The largest absolute Gasteiger partial charge is 0.350 e. The van der Waals surface area contributed by atoms with E-state index < -0.39 is 0 Å². The average molecular weight is 506 g/mol. The van der Waals surface area contributed by atoms with Gasteiger partial charge in [0.2, 0.25) is 0 Å². The van der Waals surface area contributed by atoms with Crippen LogP contribution in [0.15, 0.2) is 76.5 Å². The molecule has 0 aromatic heterocycles. The molecule has 1 atom stereocenters. The fraction of sp³-hybridized carbons (Fsp3) is 0.286. The van der Waals surface area contributed by atoms with E-state index in [-0.39, 0.29) is 11.8 Å². The van der Waals surface area contributed by atoms with Crippen LogP contribution >= 0.6 is 23.4 Å². The summed E-state index contributed by atoms with van der Waals surface area (Å²) in [6.07, 6.45) is 2.28. The first-order valence-electron chi connectivity index (χ1n) is 12.0. The van der Waals surface area contributed by atoms with Crippen LogP contribution in [0.3, 0.4) is 0 Å². The smallest absolute Gasteiger partial charge is 0.259 e. The molecule has 2 heterocycles. The highest BCUT2D eigenvalue weighted by Gasteiger charge is 2.29. The highest BCUT2D eigenvalue weighted by molar-refractivity contribution is 7.99. The number of halogens is 1. The normalized spacial score (nSPS) is 17.6. The number of benzene rings is 3. The maximum Gasteiger partial charge on any atom is 0.259 e. The van der Waals surface area contributed by atoms with Crippen molar-refractivity contribution in [1.29, 1.82) is 0 Å². The second kappa shape index (κ2) is 10.4. The lowest BCUT2D eigenvalue weighted by Crippen LogP contribution is -2.40. The first kappa shape index (κ1) is 23.9. The van der Waals surface area contributed by atoms with Crippen molar-refractivity contribution in [2.45, 2.75) is 42.1 Å². The SMILES string of the molecule is CCN1CCC[C@@H]1CNC(=O)c1ccc2c(c1)N(Cc1ccccc1Cl)C(=O)c1ccccc1S2. The molecule has 0 aliphatic carbocycles. The number of likely N-dealkylation sites (N-methyl/N-ethyl adjacent to an activating group) is 1. The van der Waals surface area contributed by atoms with Gasteiger partial charge >= 0.3 is 0 Å². The van der Waals surface area contributed by atoms with Gasteiger partial charge in [0.15, 0.2) is 0 Å². The molecule has 7 heteroatoms. The number of carbonyl (C=O) groups is 2. The first-order valence-corrected chi connectivity index (χ1v) is 13.2. The summed E-state index contributed by atoms with van der Waals surface area (Å²) in [5.41, 5.74) is 2.77. The number of fused-ring (bicyclic) bond motifs is 2. The molecular formula is C28H28ClN3O2S. The summed E-state index contributed by atoms with van der Waals surface area (Å²) in [6, 6.07) is 21.2. The quantitative estimate of drug-likeness (QED) is 0.455. The molecule has 180 valence electrons. The summed E-state index contributed by atoms with van der Waals surface area (Å²) < 4.78 is 0. The van der Waals surface area contributed by atoms with Gasteiger partial charge in [-0.25, -0.2) is 0 Å². The zero-order valence-corrected chi connectivity index (χ0v) is 21.2. The predicted molar refractivity (Wildman–Crippen MR) is 142 cm³/mol. The van der Waals surface area contributed by atoms with E-state index in [0.717, 1.165) is 40.6 Å². The third-order valence-electron chi connectivity index (χ3n) is 6.78. The minimum Gasteiger partial charge on any atom is -0.350 e. The van der Waals surface area contributed by atoms with Crippen LogP contribution in [0.5, 0.6) is 0 Å². The van der Waals surface area contributed by atoms with E-state index in [9.17, 15) is 9.59 Å². The summed E-state index contributed by atoms with van der Waals surface area (Å²) in [4.78, 5) is 32.8. The van der Waals surface area contributed by atoms with Gasteiger partial charge in [-0.05, 0) is 67.9 Å². The van der Waals surface area contributed by atoms with Crippen molar-refractivity contribution in [2.24, 2.45) is 0 Å². The van der Waals surface area contributed by atoms with Crippen LogP contribution < -0.4 is 10.2 Å². The molecule has 35 heavy (non-hydrogen) atoms. The molecule has 0 unspecified atom stereocenters. The summed E-state index contributed by atoms with van der Waals surface area (Å²) in [6.45, 7) is 5.20. The number of nitrogens with one attached hydrogen (secondary N) is 1. The summed E-state index contributed by atoms with van der Waals surface area (Å²) in [7, 11) is 0. The Labute approximate surface area is 215 Å². The van der Waals surface area contributed by atoms with Crippen molar-refractivity contribution in [2.75, 3.05) is 24.5 Å². The minimum atomic E-state index is -0.118. The molecule has 0 spiro atoms. The maximum absolute atomic E-state index is 13.7. The molecular weight excluding hydrogens is 478 g/mol. The Hall–Kier alpha value is -2.80. The second-order valence-corrected chi connectivity index (χ2v) is 10.4. The Kier molecular flexibility index (Phi) is 7.14. The van der Waals surface area contributed by atoms with Gasteiger partial charge in [0, 0.05) is 33.0 Å². The fourth-order valence-corrected chi connectivity index (χ4v) is 6.12. The van der Waals surface area contributed by atoms with E-state index in [1.54, 1.807) is 16.7 Å². The highest BCUT2D eigenvalue weighted by Crippen LogP contribution is 2.42. The standard InChI is InChI=1S/C28H28ClN3O2S/c1-2-31-15-7-9-21(31)17-30-27(33)19-13-14-26-24(16-19)32(18-20-8-3-5-11-23(20)29)28(34)22-10-4-6-12-25(22)35-26/h3-6,8,10-14,16,21H,2,7,9,15,17-18H2,1H3,(H,30,33)/t21-/m1/s1. The van der Waals surface area contributed by atoms with E-state index in [2.05, 4.69) is 17.1 Å². The number of anilines is 1. The van der Waals surface area contributed by atoms with Crippen molar-refractivity contribution in [3.63, 3.8) is 0 Å². The van der Waals surface area contributed by atoms with Gasteiger partial charge in [-0.15, -0.1) is 0 Å². The zero-order valence-electron chi connectivity index (χ0n) is 19.7. The molecule has 2 aliphatic rings. The number of hydrogen-bond donors (Lipinski definition) is 1. The minimum absolute atomic E-state index is 0.103. The summed E-state index contributed by atoms with van der Waals surface area (Å²) in [5, 5.41) is 3.73. The Morgan fingerprint density at radius 2 is 1.89 bits per heavy atom. The van der Waals surface area contributed by atoms with Gasteiger partial charge in [0.25, 0.3) is 11.8 Å². The van der Waals surface area contributed by atoms with Gasteiger partial charge < -0.3 is 10.2 Å². The van der Waals surface area contributed by atoms with E-state index in [1.807, 2.05) is 66.7 Å². The van der Waals surface area contributed by atoms with Crippen molar-refractivity contribution < 1.29 is 9.59 Å². The average Bonchev–Trinajstić information content (AvgIpc) is 3.30. The fourth-order valence-electron chi connectivity index (χ4n) is 4.87. The van der Waals surface area contributed by atoms with Gasteiger partial charge in [-0.1, -0.05) is 60.6 Å². The monoisotopic (exact) mass is 505 g/mol. The number of rotatable bonds is 6. The Balaban J connectivity index is 1.47. The molecule has 1 N–H and O–H groups in total. The topological polar surface area (TPSA) is 52.7 Å². The van der Waals surface area contributed by atoms with Gasteiger partial charge in [-0.2, -0.15) is 0 Å². The summed E-state index contributed by atoms with van der Waals surface area (Å²) >= 11 is 8.01. The molecule has 0 saturated carbocycles. The Morgan fingerprint density at radius 3 is 2.71 bits per heavy atom. The van der Waals surface area contributed by atoms with Gasteiger partial charge in [0.1, 0.15) is 0 Å². The molecule has 2 aliphatic heterocycles. The van der Waals surface area contributed by atoms with E-state index in [0.29, 0.717) is 35.3 Å². The third kappa shape index (κ3) is 4.96. The molecule has 3 aromatic carbocycles. The predicted octanol–water partition coefficient (Wildman–Crippen LogP) is 5.87. The number of hydrogen-bond acceptors (Lipinski definition) is 4. The second-order valence-electron chi connectivity index (χ2n) is 8.90. The summed E-state index contributed by atoms with van der Waals surface area (Å²) in [5.74, 6) is -0.221. The van der Waals surface area contributed by atoms with Crippen LogP contribution in [0.1, 0.15) is 46.0 Å². The molecule has 0 bridgehead atoms. The van der Waals surface area contributed by atoms with Gasteiger partial charge in [0.05, 0.1) is 17.8 Å². The lowest BCUT2D eigenvalue weighted by atomic mass is 10.1. The lowest BCUT2D eigenvalue weighted by molar-refractivity contribution is 0.0938.